The maximum Gasteiger partial charge on any atom is 0.107 e. The fourth-order valence-electron chi connectivity index (χ4n) is 1.30. The standard InChI is InChI=1S/C11H11ClN2S/c1-13-6-11-14-10(7-15-11)8-2-4-9(12)5-3-8/h2-5,7,13H,6H2,1H3. The fraction of sp³-hybridized carbons (Fsp3) is 0.182. The zero-order valence-corrected chi connectivity index (χ0v) is 9.90. The number of rotatable bonds is 3. The van der Waals surface area contributed by atoms with Gasteiger partial charge in [-0.05, 0) is 19.2 Å². The van der Waals surface area contributed by atoms with E-state index in [0.29, 0.717) is 0 Å². The number of hydrogen-bond acceptors (Lipinski definition) is 3. The lowest BCUT2D eigenvalue weighted by atomic mass is 10.2. The summed E-state index contributed by atoms with van der Waals surface area (Å²) in [6.07, 6.45) is 0. The minimum atomic E-state index is 0.754. The van der Waals surface area contributed by atoms with Crippen molar-refractivity contribution in [2.24, 2.45) is 0 Å². The molecular formula is C11H11ClN2S. The first kappa shape index (κ1) is 10.6. The highest BCUT2D eigenvalue weighted by molar-refractivity contribution is 7.09. The van der Waals surface area contributed by atoms with Crippen LogP contribution in [0.1, 0.15) is 5.01 Å². The molecule has 0 amide bonds. The Morgan fingerprint density at radius 2 is 2.07 bits per heavy atom. The van der Waals surface area contributed by atoms with Crippen LogP contribution in [0.2, 0.25) is 5.02 Å². The van der Waals surface area contributed by atoms with Crippen LogP contribution in [-0.4, -0.2) is 12.0 Å². The lowest BCUT2D eigenvalue weighted by Crippen LogP contribution is -2.04. The molecule has 0 spiro atoms. The highest BCUT2D eigenvalue weighted by Gasteiger charge is 2.03. The number of benzene rings is 1. The molecule has 2 nitrogen and oxygen atoms in total. The Kier molecular flexibility index (Phi) is 3.36. The minimum absolute atomic E-state index is 0.754. The molecule has 2 aromatic rings. The van der Waals surface area contributed by atoms with Crippen molar-refractivity contribution >= 4 is 22.9 Å². The molecule has 0 bridgehead atoms. The number of hydrogen-bond donors (Lipinski definition) is 1. The van der Waals surface area contributed by atoms with Crippen LogP contribution in [0, 0.1) is 0 Å². The third-order valence-corrected chi connectivity index (χ3v) is 3.12. The average Bonchev–Trinajstić information content (AvgIpc) is 2.68. The summed E-state index contributed by atoms with van der Waals surface area (Å²) in [5.41, 5.74) is 2.12. The predicted octanol–water partition coefficient (Wildman–Crippen LogP) is 3.18. The quantitative estimate of drug-likeness (QED) is 0.889. The van der Waals surface area contributed by atoms with Crippen LogP contribution in [-0.2, 0) is 6.54 Å². The predicted molar refractivity (Wildman–Crippen MR) is 65.3 cm³/mol. The van der Waals surface area contributed by atoms with Gasteiger partial charge in [0, 0.05) is 22.5 Å². The highest BCUT2D eigenvalue weighted by atomic mass is 35.5. The van der Waals surface area contributed by atoms with E-state index in [1.807, 2.05) is 31.3 Å². The summed E-state index contributed by atoms with van der Waals surface area (Å²) in [6.45, 7) is 0.818. The van der Waals surface area contributed by atoms with Gasteiger partial charge in [-0.2, -0.15) is 0 Å². The van der Waals surface area contributed by atoms with Crippen molar-refractivity contribution in [3.8, 4) is 11.3 Å². The minimum Gasteiger partial charge on any atom is -0.314 e. The molecule has 15 heavy (non-hydrogen) atoms. The molecule has 1 aromatic heterocycles. The number of nitrogens with one attached hydrogen (secondary N) is 1. The molecule has 1 heterocycles. The zero-order chi connectivity index (χ0) is 10.7. The normalized spacial score (nSPS) is 10.5. The molecule has 0 saturated carbocycles. The molecule has 4 heteroatoms. The highest BCUT2D eigenvalue weighted by Crippen LogP contribution is 2.23. The van der Waals surface area contributed by atoms with Gasteiger partial charge in [-0.1, -0.05) is 23.7 Å². The van der Waals surface area contributed by atoms with Crippen LogP contribution < -0.4 is 5.32 Å². The largest absolute Gasteiger partial charge is 0.314 e. The van der Waals surface area contributed by atoms with Gasteiger partial charge in [-0.15, -0.1) is 11.3 Å². The lowest BCUT2D eigenvalue weighted by Gasteiger charge is -1.96. The topological polar surface area (TPSA) is 24.9 Å². The van der Waals surface area contributed by atoms with E-state index in [-0.39, 0.29) is 0 Å². The molecular weight excluding hydrogens is 228 g/mol. The smallest absolute Gasteiger partial charge is 0.107 e. The first-order chi connectivity index (χ1) is 7.29. The summed E-state index contributed by atoms with van der Waals surface area (Å²) in [4.78, 5) is 4.51. The molecule has 1 N–H and O–H groups in total. The molecule has 0 aliphatic heterocycles. The van der Waals surface area contributed by atoms with Gasteiger partial charge < -0.3 is 5.32 Å². The number of halogens is 1. The monoisotopic (exact) mass is 238 g/mol. The second-order valence-corrected chi connectivity index (χ2v) is 4.54. The van der Waals surface area contributed by atoms with E-state index < -0.39 is 0 Å². The Morgan fingerprint density at radius 3 is 2.73 bits per heavy atom. The van der Waals surface area contributed by atoms with Crippen molar-refractivity contribution in [2.75, 3.05) is 7.05 Å². The van der Waals surface area contributed by atoms with E-state index in [2.05, 4.69) is 15.7 Å². The van der Waals surface area contributed by atoms with Crippen molar-refractivity contribution in [2.45, 2.75) is 6.54 Å². The van der Waals surface area contributed by atoms with Crippen LogP contribution in [0.4, 0.5) is 0 Å². The maximum absolute atomic E-state index is 5.83. The van der Waals surface area contributed by atoms with Crippen LogP contribution in [0.15, 0.2) is 29.6 Å². The zero-order valence-electron chi connectivity index (χ0n) is 8.33. The molecule has 0 unspecified atom stereocenters. The second kappa shape index (κ2) is 4.75. The summed E-state index contributed by atoms with van der Waals surface area (Å²) in [6, 6.07) is 7.74. The summed E-state index contributed by atoms with van der Waals surface area (Å²) in [5, 5.41) is 7.00. The van der Waals surface area contributed by atoms with Gasteiger partial charge in [0.25, 0.3) is 0 Å². The van der Waals surface area contributed by atoms with E-state index in [0.717, 1.165) is 27.8 Å². The first-order valence-electron chi connectivity index (χ1n) is 4.64. The van der Waals surface area contributed by atoms with E-state index in [1.165, 1.54) is 0 Å². The Balaban J connectivity index is 2.25. The SMILES string of the molecule is CNCc1nc(-c2ccc(Cl)cc2)cs1. The van der Waals surface area contributed by atoms with Crippen molar-refractivity contribution in [1.82, 2.24) is 10.3 Å². The van der Waals surface area contributed by atoms with Gasteiger partial charge >= 0.3 is 0 Å². The molecule has 0 radical (unpaired) electrons. The Morgan fingerprint density at radius 1 is 1.33 bits per heavy atom. The Hall–Kier alpha value is -0.900. The van der Waals surface area contributed by atoms with Crippen LogP contribution in [0.5, 0.6) is 0 Å². The van der Waals surface area contributed by atoms with E-state index in [1.54, 1.807) is 11.3 Å². The number of aromatic nitrogens is 1. The van der Waals surface area contributed by atoms with Crippen LogP contribution >= 0.6 is 22.9 Å². The summed E-state index contributed by atoms with van der Waals surface area (Å²) in [5.74, 6) is 0. The number of nitrogens with zero attached hydrogens (tertiary/aromatic N) is 1. The third kappa shape index (κ3) is 2.56. The summed E-state index contributed by atoms with van der Waals surface area (Å²) in [7, 11) is 1.92. The van der Waals surface area contributed by atoms with Gasteiger partial charge in [0.15, 0.2) is 0 Å². The maximum atomic E-state index is 5.83. The van der Waals surface area contributed by atoms with Crippen LogP contribution in [0.25, 0.3) is 11.3 Å². The van der Waals surface area contributed by atoms with Crippen molar-refractivity contribution in [1.29, 1.82) is 0 Å². The van der Waals surface area contributed by atoms with Gasteiger partial charge in [0.1, 0.15) is 5.01 Å². The lowest BCUT2D eigenvalue weighted by molar-refractivity contribution is 0.811. The third-order valence-electron chi connectivity index (χ3n) is 2.02. The molecule has 2 rings (SSSR count). The van der Waals surface area contributed by atoms with E-state index >= 15 is 0 Å². The van der Waals surface area contributed by atoms with Gasteiger partial charge in [-0.3, -0.25) is 0 Å². The Labute approximate surface area is 97.9 Å². The first-order valence-corrected chi connectivity index (χ1v) is 5.90. The fourth-order valence-corrected chi connectivity index (χ4v) is 2.24. The van der Waals surface area contributed by atoms with Gasteiger partial charge in [-0.25, -0.2) is 4.98 Å². The van der Waals surface area contributed by atoms with E-state index in [4.69, 9.17) is 11.6 Å². The molecule has 0 fully saturated rings. The average molecular weight is 239 g/mol. The summed E-state index contributed by atoms with van der Waals surface area (Å²) < 4.78 is 0. The molecule has 0 aliphatic rings. The van der Waals surface area contributed by atoms with Crippen molar-refractivity contribution in [3.05, 3.63) is 39.7 Å². The van der Waals surface area contributed by atoms with Crippen LogP contribution in [0.3, 0.4) is 0 Å². The molecule has 0 atom stereocenters. The molecule has 0 saturated heterocycles. The molecule has 1 aromatic carbocycles. The van der Waals surface area contributed by atoms with Gasteiger partial charge in [0.05, 0.1) is 5.69 Å². The molecule has 78 valence electrons. The van der Waals surface area contributed by atoms with Crippen molar-refractivity contribution in [3.63, 3.8) is 0 Å². The number of thiazole rings is 1. The second-order valence-electron chi connectivity index (χ2n) is 3.16. The molecule has 0 aliphatic carbocycles. The van der Waals surface area contributed by atoms with Gasteiger partial charge in [0.2, 0.25) is 0 Å². The van der Waals surface area contributed by atoms with E-state index in [9.17, 15) is 0 Å². The summed E-state index contributed by atoms with van der Waals surface area (Å²) >= 11 is 7.49. The van der Waals surface area contributed by atoms with Crippen molar-refractivity contribution < 1.29 is 0 Å². The Bertz CT molecular complexity index is 436.